The number of hydrogen-bond donors (Lipinski definition) is 0. The van der Waals surface area contributed by atoms with Crippen LogP contribution in [-0.4, -0.2) is 45.0 Å². The smallest absolute Gasteiger partial charge is 0.246 e. The first kappa shape index (κ1) is 17.7. The molecule has 0 aliphatic carbocycles. The van der Waals surface area contributed by atoms with Gasteiger partial charge in [-0.25, -0.2) is 13.4 Å². The minimum absolute atomic E-state index is 0.127. The van der Waals surface area contributed by atoms with E-state index in [-0.39, 0.29) is 5.92 Å². The zero-order valence-electron chi connectivity index (χ0n) is 15.2. The number of nitrogens with zero attached hydrogens (tertiary/aromatic N) is 5. The van der Waals surface area contributed by atoms with Gasteiger partial charge in [-0.2, -0.15) is 9.40 Å². The Bertz CT molecular complexity index is 1050. The van der Waals surface area contributed by atoms with Crippen molar-refractivity contribution in [2.75, 3.05) is 13.1 Å². The Kier molecular flexibility index (Phi) is 4.40. The summed E-state index contributed by atoms with van der Waals surface area (Å²) in [6.45, 7) is 7.45. The molecule has 1 aliphatic heterocycles. The van der Waals surface area contributed by atoms with Crippen LogP contribution in [0.5, 0.6) is 0 Å². The van der Waals surface area contributed by atoms with Crippen molar-refractivity contribution in [3.05, 3.63) is 35.0 Å². The lowest BCUT2D eigenvalue weighted by Crippen LogP contribution is -2.39. The van der Waals surface area contributed by atoms with Crippen LogP contribution in [0.15, 0.2) is 22.7 Å². The van der Waals surface area contributed by atoms with Crippen LogP contribution in [0.3, 0.4) is 0 Å². The molecule has 3 aromatic rings. The average Bonchev–Trinajstić information content (AvgIpc) is 3.32. The molecule has 140 valence electrons. The van der Waals surface area contributed by atoms with Crippen LogP contribution in [-0.2, 0) is 16.6 Å². The number of fused-ring (bicyclic) bond motifs is 1. The van der Waals surface area contributed by atoms with E-state index in [9.17, 15) is 8.42 Å². The van der Waals surface area contributed by atoms with Crippen molar-refractivity contribution in [1.29, 1.82) is 0 Å². The van der Waals surface area contributed by atoms with E-state index in [0.717, 1.165) is 29.2 Å². The molecular weight excluding hydrogens is 370 g/mol. The summed E-state index contributed by atoms with van der Waals surface area (Å²) >= 11 is 1.66. The topological polar surface area (TPSA) is 72.5 Å². The third-order valence-electron chi connectivity index (χ3n) is 5.20. The summed E-state index contributed by atoms with van der Waals surface area (Å²) in [5.74, 6) is 1.08. The van der Waals surface area contributed by atoms with Gasteiger partial charge in [0.25, 0.3) is 0 Å². The van der Waals surface area contributed by atoms with E-state index in [0.29, 0.717) is 30.2 Å². The summed E-state index contributed by atoms with van der Waals surface area (Å²) in [6, 6.07) is 0. The Balaban J connectivity index is 1.66. The third-order valence-corrected chi connectivity index (χ3v) is 8.06. The normalized spacial score (nSPS) is 19.4. The molecule has 4 rings (SSSR count). The Hall–Kier alpha value is -1.71. The highest BCUT2D eigenvalue weighted by Gasteiger charge is 2.34. The number of hydrogen-bond acceptors (Lipinski definition) is 5. The molecule has 1 atom stereocenters. The predicted octanol–water partition coefficient (Wildman–Crippen LogP) is 2.80. The lowest BCUT2D eigenvalue weighted by atomic mass is 9.97. The summed E-state index contributed by atoms with van der Waals surface area (Å²) in [6.07, 6.45) is 5.30. The van der Waals surface area contributed by atoms with Gasteiger partial charge < -0.3 is 0 Å². The molecule has 1 saturated heterocycles. The van der Waals surface area contributed by atoms with Crippen LogP contribution in [0.1, 0.15) is 42.9 Å². The number of sulfonamides is 1. The fourth-order valence-electron chi connectivity index (χ4n) is 3.79. The molecule has 0 spiro atoms. The molecule has 1 fully saturated rings. The molecule has 9 heteroatoms. The van der Waals surface area contributed by atoms with E-state index >= 15 is 0 Å². The van der Waals surface area contributed by atoms with Crippen molar-refractivity contribution in [2.45, 2.75) is 51.0 Å². The second-order valence-electron chi connectivity index (χ2n) is 6.73. The van der Waals surface area contributed by atoms with Gasteiger partial charge in [0.2, 0.25) is 10.0 Å². The van der Waals surface area contributed by atoms with Crippen molar-refractivity contribution < 1.29 is 8.42 Å². The number of imidazole rings is 1. The minimum atomic E-state index is -3.54. The molecule has 1 unspecified atom stereocenters. The van der Waals surface area contributed by atoms with Gasteiger partial charge in [0.15, 0.2) is 0 Å². The second-order valence-corrected chi connectivity index (χ2v) is 9.54. The fraction of sp³-hybridized carbons (Fsp3) is 0.529. The first-order valence-corrected chi connectivity index (χ1v) is 11.2. The maximum Gasteiger partial charge on any atom is 0.246 e. The number of piperidine rings is 1. The Morgan fingerprint density at radius 1 is 1.35 bits per heavy atom. The standard InChI is InChI=1S/C17H23N5O2S2/c1-4-22-12(2)15(10-18-22)26(23,24)20-7-5-6-14(11-20)16-17-21(8-9-25-17)13(3)19-16/h8-10,14H,4-7,11H2,1-3H3. The summed E-state index contributed by atoms with van der Waals surface area (Å²) in [4.78, 5) is 6.18. The summed E-state index contributed by atoms with van der Waals surface area (Å²) in [5.41, 5.74) is 1.73. The van der Waals surface area contributed by atoms with Crippen LogP contribution in [0.2, 0.25) is 0 Å². The monoisotopic (exact) mass is 393 g/mol. The molecule has 1 aliphatic rings. The van der Waals surface area contributed by atoms with Crippen molar-refractivity contribution >= 4 is 26.2 Å². The molecular formula is C17H23N5O2S2. The van der Waals surface area contributed by atoms with Gasteiger partial charge in [0.1, 0.15) is 15.6 Å². The Labute approximate surface area is 157 Å². The molecule has 0 saturated carbocycles. The molecule has 4 heterocycles. The largest absolute Gasteiger partial charge is 0.294 e. The van der Waals surface area contributed by atoms with Gasteiger partial charge in [-0.3, -0.25) is 9.08 Å². The lowest BCUT2D eigenvalue weighted by molar-refractivity contribution is 0.314. The second kappa shape index (κ2) is 6.47. The van der Waals surface area contributed by atoms with Crippen LogP contribution in [0.4, 0.5) is 0 Å². The summed E-state index contributed by atoms with van der Waals surface area (Å²) < 4.78 is 31.8. The van der Waals surface area contributed by atoms with Gasteiger partial charge >= 0.3 is 0 Å². The highest BCUT2D eigenvalue weighted by molar-refractivity contribution is 7.89. The van der Waals surface area contributed by atoms with Gasteiger partial charge in [-0.15, -0.1) is 11.3 Å². The van der Waals surface area contributed by atoms with Gasteiger partial charge in [-0.1, -0.05) is 0 Å². The first-order valence-electron chi connectivity index (χ1n) is 8.88. The van der Waals surface area contributed by atoms with Crippen LogP contribution < -0.4 is 0 Å². The van der Waals surface area contributed by atoms with E-state index in [1.807, 2.05) is 32.3 Å². The van der Waals surface area contributed by atoms with E-state index < -0.39 is 10.0 Å². The van der Waals surface area contributed by atoms with Crippen molar-refractivity contribution in [2.24, 2.45) is 0 Å². The van der Waals surface area contributed by atoms with Crippen LogP contribution >= 0.6 is 11.3 Å². The van der Waals surface area contributed by atoms with E-state index in [1.165, 1.54) is 6.20 Å². The molecule has 7 nitrogen and oxygen atoms in total. The van der Waals surface area contributed by atoms with Crippen molar-refractivity contribution in [3.63, 3.8) is 0 Å². The maximum absolute atomic E-state index is 13.2. The highest BCUT2D eigenvalue weighted by Crippen LogP contribution is 2.34. The maximum atomic E-state index is 13.2. The SMILES string of the molecule is CCn1ncc(S(=O)(=O)N2CCCC(c3nc(C)n4ccsc34)C2)c1C. The molecule has 0 bridgehead atoms. The van der Waals surface area contributed by atoms with E-state index in [1.54, 1.807) is 20.3 Å². The third kappa shape index (κ3) is 2.69. The molecule has 0 aromatic carbocycles. The minimum Gasteiger partial charge on any atom is -0.294 e. The Morgan fingerprint density at radius 2 is 2.15 bits per heavy atom. The number of thiazole rings is 1. The van der Waals surface area contributed by atoms with Crippen LogP contribution in [0, 0.1) is 13.8 Å². The molecule has 3 aromatic heterocycles. The summed E-state index contributed by atoms with van der Waals surface area (Å²) in [5, 5.41) is 6.26. The Morgan fingerprint density at radius 3 is 2.88 bits per heavy atom. The molecule has 0 amide bonds. The molecule has 0 radical (unpaired) electrons. The van der Waals surface area contributed by atoms with Crippen molar-refractivity contribution in [3.8, 4) is 0 Å². The molecule has 26 heavy (non-hydrogen) atoms. The van der Waals surface area contributed by atoms with Crippen molar-refractivity contribution in [1.82, 2.24) is 23.5 Å². The fourth-order valence-corrected chi connectivity index (χ4v) is 6.42. The van der Waals surface area contributed by atoms with E-state index in [2.05, 4.69) is 9.50 Å². The van der Waals surface area contributed by atoms with Gasteiger partial charge in [0.05, 0.1) is 17.6 Å². The number of aryl methyl sites for hydroxylation is 2. The highest BCUT2D eigenvalue weighted by atomic mass is 32.2. The lowest BCUT2D eigenvalue weighted by Gasteiger charge is -2.31. The van der Waals surface area contributed by atoms with Gasteiger partial charge in [0, 0.05) is 37.1 Å². The predicted molar refractivity (Wildman–Crippen MR) is 101 cm³/mol. The number of aromatic nitrogens is 4. The zero-order valence-corrected chi connectivity index (χ0v) is 16.8. The quantitative estimate of drug-likeness (QED) is 0.683. The average molecular weight is 394 g/mol. The van der Waals surface area contributed by atoms with Crippen LogP contribution in [0.25, 0.3) is 4.83 Å². The van der Waals surface area contributed by atoms with Gasteiger partial charge in [-0.05, 0) is 33.6 Å². The molecule has 0 N–H and O–H groups in total. The number of rotatable bonds is 4. The zero-order chi connectivity index (χ0) is 18.5. The first-order chi connectivity index (χ1) is 12.4. The van der Waals surface area contributed by atoms with E-state index in [4.69, 9.17) is 4.98 Å². The summed E-state index contributed by atoms with van der Waals surface area (Å²) in [7, 11) is -3.54.